The highest BCUT2D eigenvalue weighted by Gasteiger charge is 2.16. The number of amides is 1. The monoisotopic (exact) mass is 365 g/mol. The number of aromatic nitrogens is 2. The first-order chi connectivity index (χ1) is 13.0. The summed E-state index contributed by atoms with van der Waals surface area (Å²) in [4.78, 5) is 33.1. The average Bonchev–Trinajstić information content (AvgIpc) is 2.64. The van der Waals surface area contributed by atoms with Crippen molar-refractivity contribution in [3.8, 4) is 0 Å². The molecule has 1 amide bonds. The van der Waals surface area contributed by atoms with Crippen LogP contribution in [0.4, 0.5) is 5.69 Å². The van der Waals surface area contributed by atoms with Crippen LogP contribution in [0.5, 0.6) is 0 Å². The lowest BCUT2D eigenvalue weighted by Crippen LogP contribution is -3.11. The Morgan fingerprint density at radius 3 is 2.74 bits per heavy atom. The van der Waals surface area contributed by atoms with Crippen molar-refractivity contribution in [1.82, 2.24) is 9.97 Å². The summed E-state index contributed by atoms with van der Waals surface area (Å²) in [5.74, 6) is 0.541. The lowest BCUT2D eigenvalue weighted by atomic mass is 10.1. The molecule has 0 saturated heterocycles. The van der Waals surface area contributed by atoms with Crippen molar-refractivity contribution in [3.05, 3.63) is 69.8 Å². The van der Waals surface area contributed by atoms with Crippen LogP contribution in [-0.4, -0.2) is 29.0 Å². The van der Waals surface area contributed by atoms with Crippen LogP contribution in [0.1, 0.15) is 23.9 Å². The average molecular weight is 365 g/mol. The molecule has 0 bridgehead atoms. The van der Waals surface area contributed by atoms with Crippen LogP contribution in [0.25, 0.3) is 10.9 Å². The van der Waals surface area contributed by atoms with Crippen molar-refractivity contribution in [2.75, 3.05) is 18.4 Å². The summed E-state index contributed by atoms with van der Waals surface area (Å²) in [5, 5.41) is 3.57. The number of nitrogens with one attached hydrogen (secondary N) is 3. The normalized spacial score (nSPS) is 12.1. The summed E-state index contributed by atoms with van der Waals surface area (Å²) < 4.78 is 0. The first kappa shape index (κ1) is 18.8. The number of quaternary nitrogens is 1. The van der Waals surface area contributed by atoms with Crippen molar-refractivity contribution in [2.24, 2.45) is 0 Å². The molecule has 6 nitrogen and oxygen atoms in total. The first-order valence-corrected chi connectivity index (χ1v) is 9.15. The predicted molar refractivity (Wildman–Crippen MR) is 107 cm³/mol. The number of H-pyrrole nitrogens is 1. The van der Waals surface area contributed by atoms with Crippen LogP contribution < -0.4 is 15.8 Å². The van der Waals surface area contributed by atoms with Crippen LogP contribution in [0, 0.1) is 13.8 Å². The van der Waals surface area contributed by atoms with Crippen LogP contribution in [0.15, 0.2) is 47.3 Å². The number of rotatable bonds is 6. The molecule has 0 aliphatic rings. The topological polar surface area (TPSA) is 79.3 Å². The molecular formula is C21H25N4O2+. The maximum Gasteiger partial charge on any atom is 0.279 e. The molecule has 0 aliphatic carbocycles. The number of para-hydroxylation sites is 1. The van der Waals surface area contributed by atoms with E-state index in [1.165, 1.54) is 0 Å². The van der Waals surface area contributed by atoms with E-state index in [9.17, 15) is 9.59 Å². The fraction of sp³-hybridized carbons (Fsp3) is 0.286. The summed E-state index contributed by atoms with van der Waals surface area (Å²) >= 11 is 0. The number of anilines is 1. The van der Waals surface area contributed by atoms with Gasteiger partial charge in [0, 0.05) is 5.69 Å². The van der Waals surface area contributed by atoms with Gasteiger partial charge in [-0.05, 0) is 50.1 Å². The predicted octanol–water partition coefficient (Wildman–Crippen LogP) is 1.58. The van der Waals surface area contributed by atoms with Gasteiger partial charge in [0.05, 0.1) is 17.4 Å². The summed E-state index contributed by atoms with van der Waals surface area (Å²) in [6.07, 6.45) is 0. The molecule has 1 atom stereocenters. The third kappa shape index (κ3) is 4.60. The number of carbonyl (C=O) groups excluding carboxylic acids is 1. The van der Waals surface area contributed by atoms with E-state index in [1.54, 1.807) is 6.07 Å². The summed E-state index contributed by atoms with van der Waals surface area (Å²) in [7, 11) is 0. The molecule has 1 unspecified atom stereocenters. The van der Waals surface area contributed by atoms with Gasteiger partial charge in [-0.25, -0.2) is 4.98 Å². The van der Waals surface area contributed by atoms with Crippen molar-refractivity contribution in [1.29, 1.82) is 0 Å². The van der Waals surface area contributed by atoms with Gasteiger partial charge in [0.1, 0.15) is 6.54 Å². The highest BCUT2D eigenvalue weighted by molar-refractivity contribution is 5.92. The van der Waals surface area contributed by atoms with Gasteiger partial charge in [-0.15, -0.1) is 0 Å². The van der Waals surface area contributed by atoms with Crippen LogP contribution in [0.3, 0.4) is 0 Å². The second-order valence-electron chi connectivity index (χ2n) is 6.85. The van der Waals surface area contributed by atoms with Gasteiger partial charge in [-0.2, -0.15) is 0 Å². The van der Waals surface area contributed by atoms with Gasteiger partial charge < -0.3 is 15.2 Å². The van der Waals surface area contributed by atoms with Crippen molar-refractivity contribution in [2.45, 2.75) is 27.3 Å². The number of hydrogen-bond acceptors (Lipinski definition) is 3. The third-order valence-corrected chi connectivity index (χ3v) is 4.66. The van der Waals surface area contributed by atoms with E-state index < -0.39 is 0 Å². The SMILES string of the molecule is CC[NH+](CC(=O)Nc1cc(C)ccc1C)Cc1nc2ccccc2c(=O)[nH]1. The van der Waals surface area contributed by atoms with E-state index in [-0.39, 0.29) is 11.5 Å². The van der Waals surface area contributed by atoms with Crippen molar-refractivity contribution in [3.63, 3.8) is 0 Å². The molecule has 0 saturated carbocycles. The minimum absolute atomic E-state index is 0.0521. The molecule has 1 aromatic heterocycles. The number of carbonyl (C=O) groups is 1. The Hall–Kier alpha value is -2.99. The Kier molecular flexibility index (Phi) is 5.66. The molecule has 3 rings (SSSR count). The highest BCUT2D eigenvalue weighted by atomic mass is 16.2. The second kappa shape index (κ2) is 8.14. The molecule has 0 aliphatic heterocycles. The Balaban J connectivity index is 1.71. The van der Waals surface area contributed by atoms with Crippen molar-refractivity contribution < 1.29 is 9.69 Å². The summed E-state index contributed by atoms with van der Waals surface area (Å²) in [6, 6.07) is 13.3. The Morgan fingerprint density at radius 2 is 1.96 bits per heavy atom. The lowest BCUT2D eigenvalue weighted by molar-refractivity contribution is -0.904. The van der Waals surface area contributed by atoms with E-state index in [1.807, 2.05) is 57.2 Å². The zero-order valence-corrected chi connectivity index (χ0v) is 15.9. The third-order valence-electron chi connectivity index (χ3n) is 4.66. The van der Waals surface area contributed by atoms with E-state index in [2.05, 4.69) is 15.3 Å². The maximum atomic E-state index is 12.5. The molecule has 0 spiro atoms. The zero-order valence-electron chi connectivity index (χ0n) is 15.9. The Morgan fingerprint density at radius 1 is 1.19 bits per heavy atom. The van der Waals surface area contributed by atoms with E-state index >= 15 is 0 Å². The van der Waals surface area contributed by atoms with E-state index in [0.29, 0.717) is 29.8 Å². The minimum Gasteiger partial charge on any atom is -0.321 e. The number of hydrogen-bond donors (Lipinski definition) is 3. The van der Waals surface area contributed by atoms with Gasteiger partial charge in [0.15, 0.2) is 12.4 Å². The Bertz CT molecular complexity index is 1030. The first-order valence-electron chi connectivity index (χ1n) is 9.15. The van der Waals surface area contributed by atoms with Gasteiger partial charge >= 0.3 is 0 Å². The maximum absolute atomic E-state index is 12.5. The van der Waals surface area contributed by atoms with Crippen LogP contribution >= 0.6 is 0 Å². The smallest absolute Gasteiger partial charge is 0.279 e. The molecule has 3 aromatic rings. The largest absolute Gasteiger partial charge is 0.321 e. The van der Waals surface area contributed by atoms with E-state index in [0.717, 1.165) is 28.3 Å². The standard InChI is InChI=1S/C21H24N4O2/c1-4-25(13-20(26)23-18-11-14(2)9-10-15(18)3)12-19-22-17-8-6-5-7-16(17)21(27)24-19/h5-11H,4,12-13H2,1-3H3,(H,23,26)(H,22,24,27)/p+1. The zero-order chi connectivity index (χ0) is 19.4. The number of likely N-dealkylation sites (N-methyl/N-ethyl adjacent to an activating group) is 1. The van der Waals surface area contributed by atoms with E-state index in [4.69, 9.17) is 0 Å². The van der Waals surface area contributed by atoms with Crippen molar-refractivity contribution >= 4 is 22.5 Å². The highest BCUT2D eigenvalue weighted by Crippen LogP contribution is 2.15. The lowest BCUT2D eigenvalue weighted by Gasteiger charge is -2.17. The molecule has 3 N–H and O–H groups in total. The summed E-state index contributed by atoms with van der Waals surface area (Å²) in [5.41, 5.74) is 3.51. The molecule has 2 aromatic carbocycles. The number of benzene rings is 2. The molecule has 27 heavy (non-hydrogen) atoms. The van der Waals surface area contributed by atoms with Crippen LogP contribution in [0.2, 0.25) is 0 Å². The number of aryl methyl sites for hydroxylation is 2. The minimum atomic E-state index is -0.147. The number of nitrogens with zero attached hydrogens (tertiary/aromatic N) is 1. The molecule has 6 heteroatoms. The second-order valence-corrected chi connectivity index (χ2v) is 6.85. The number of aromatic amines is 1. The molecule has 0 fully saturated rings. The van der Waals surface area contributed by atoms with Gasteiger partial charge in [-0.1, -0.05) is 24.3 Å². The Labute approximate surface area is 158 Å². The van der Waals surface area contributed by atoms with Gasteiger partial charge in [-0.3, -0.25) is 9.59 Å². The number of fused-ring (bicyclic) bond motifs is 1. The van der Waals surface area contributed by atoms with Gasteiger partial charge in [0.2, 0.25) is 0 Å². The van der Waals surface area contributed by atoms with Crippen LogP contribution in [-0.2, 0) is 11.3 Å². The quantitative estimate of drug-likeness (QED) is 0.621. The fourth-order valence-corrected chi connectivity index (χ4v) is 3.06. The fourth-order valence-electron chi connectivity index (χ4n) is 3.06. The molecule has 0 radical (unpaired) electrons. The molecule has 140 valence electrons. The summed E-state index contributed by atoms with van der Waals surface area (Å²) in [6.45, 7) is 7.53. The molecular weight excluding hydrogens is 340 g/mol. The molecule has 1 heterocycles. The van der Waals surface area contributed by atoms with Gasteiger partial charge in [0.25, 0.3) is 11.5 Å².